The van der Waals surface area contributed by atoms with E-state index in [1.54, 1.807) is 13.2 Å². The molecule has 0 radical (unpaired) electrons. The summed E-state index contributed by atoms with van der Waals surface area (Å²) >= 11 is 0. The first kappa shape index (κ1) is 17.0. The maximum atomic E-state index is 12.5. The van der Waals surface area contributed by atoms with Gasteiger partial charge in [0.15, 0.2) is 0 Å². The van der Waals surface area contributed by atoms with Gasteiger partial charge in [-0.05, 0) is 32.6 Å². The second kappa shape index (κ2) is 7.79. The SMILES string of the molecule is COc1cc(C)nc(N2CCC[C@@H](C(=O)NC[C@H]3CCCO3)C2)n1. The Bertz CT molecular complexity index is 575. The lowest BCUT2D eigenvalue weighted by atomic mass is 9.97. The summed E-state index contributed by atoms with van der Waals surface area (Å²) < 4.78 is 10.8. The third-order valence-electron chi connectivity index (χ3n) is 4.63. The minimum atomic E-state index is -0.0322. The van der Waals surface area contributed by atoms with E-state index in [0.717, 1.165) is 44.5 Å². The molecule has 1 aromatic rings. The zero-order chi connectivity index (χ0) is 16.9. The van der Waals surface area contributed by atoms with E-state index < -0.39 is 0 Å². The lowest BCUT2D eigenvalue weighted by Gasteiger charge is -2.32. The molecule has 7 nitrogen and oxygen atoms in total. The zero-order valence-corrected chi connectivity index (χ0v) is 14.5. The minimum absolute atomic E-state index is 0.0322. The molecule has 7 heteroatoms. The van der Waals surface area contributed by atoms with E-state index in [0.29, 0.717) is 24.9 Å². The summed E-state index contributed by atoms with van der Waals surface area (Å²) in [7, 11) is 1.60. The number of rotatable bonds is 5. The summed E-state index contributed by atoms with van der Waals surface area (Å²) in [5.41, 5.74) is 0.863. The fourth-order valence-corrected chi connectivity index (χ4v) is 3.31. The highest BCUT2D eigenvalue weighted by Gasteiger charge is 2.28. The van der Waals surface area contributed by atoms with E-state index in [9.17, 15) is 4.79 Å². The molecule has 0 saturated carbocycles. The van der Waals surface area contributed by atoms with Crippen molar-refractivity contribution in [3.05, 3.63) is 11.8 Å². The van der Waals surface area contributed by atoms with Crippen LogP contribution in [-0.2, 0) is 9.53 Å². The summed E-state index contributed by atoms with van der Waals surface area (Å²) in [6.45, 7) is 4.85. The number of nitrogens with zero attached hydrogens (tertiary/aromatic N) is 3. The Labute approximate surface area is 142 Å². The monoisotopic (exact) mass is 334 g/mol. The number of aromatic nitrogens is 2. The van der Waals surface area contributed by atoms with Gasteiger partial charge in [-0.2, -0.15) is 4.98 Å². The summed E-state index contributed by atoms with van der Waals surface area (Å²) in [5, 5.41) is 3.04. The third-order valence-corrected chi connectivity index (χ3v) is 4.63. The molecule has 132 valence electrons. The number of carbonyl (C=O) groups excluding carboxylic acids is 1. The molecule has 2 fully saturated rings. The maximum absolute atomic E-state index is 12.5. The Kier molecular flexibility index (Phi) is 5.50. The van der Waals surface area contributed by atoms with Gasteiger partial charge in [0.2, 0.25) is 17.7 Å². The smallest absolute Gasteiger partial charge is 0.228 e. The van der Waals surface area contributed by atoms with Gasteiger partial charge in [0, 0.05) is 38.0 Å². The van der Waals surface area contributed by atoms with Crippen LogP contribution in [0.2, 0.25) is 0 Å². The number of hydrogen-bond donors (Lipinski definition) is 1. The highest BCUT2D eigenvalue weighted by atomic mass is 16.5. The molecule has 1 aromatic heterocycles. The van der Waals surface area contributed by atoms with E-state index in [2.05, 4.69) is 20.2 Å². The predicted molar refractivity (Wildman–Crippen MR) is 90.2 cm³/mol. The van der Waals surface area contributed by atoms with Crippen LogP contribution in [0.25, 0.3) is 0 Å². The molecule has 2 aliphatic heterocycles. The van der Waals surface area contributed by atoms with Crippen molar-refractivity contribution in [1.82, 2.24) is 15.3 Å². The van der Waals surface area contributed by atoms with Gasteiger partial charge in [-0.3, -0.25) is 4.79 Å². The molecular formula is C17H26N4O3. The molecule has 2 saturated heterocycles. The molecule has 3 heterocycles. The van der Waals surface area contributed by atoms with Gasteiger partial charge in [0.1, 0.15) is 0 Å². The molecule has 24 heavy (non-hydrogen) atoms. The lowest BCUT2D eigenvalue weighted by molar-refractivity contribution is -0.125. The number of anilines is 1. The highest BCUT2D eigenvalue weighted by Crippen LogP contribution is 2.23. The van der Waals surface area contributed by atoms with Crippen molar-refractivity contribution in [1.29, 1.82) is 0 Å². The van der Waals surface area contributed by atoms with Gasteiger partial charge in [0.25, 0.3) is 0 Å². The number of aryl methyl sites for hydroxylation is 1. The molecule has 3 rings (SSSR count). The largest absolute Gasteiger partial charge is 0.481 e. The molecule has 1 N–H and O–H groups in total. The number of piperidine rings is 1. The van der Waals surface area contributed by atoms with Gasteiger partial charge in [-0.15, -0.1) is 0 Å². The van der Waals surface area contributed by atoms with Crippen LogP contribution >= 0.6 is 0 Å². The topological polar surface area (TPSA) is 76.6 Å². The van der Waals surface area contributed by atoms with Crippen molar-refractivity contribution < 1.29 is 14.3 Å². The standard InChI is InChI=1S/C17H26N4O3/c1-12-9-15(23-2)20-17(19-12)21-7-3-5-13(11-21)16(22)18-10-14-6-4-8-24-14/h9,13-14H,3-8,10-11H2,1-2H3,(H,18,22)/t13-,14-/m1/s1. The van der Waals surface area contributed by atoms with E-state index in [1.807, 2.05) is 6.92 Å². The van der Waals surface area contributed by atoms with Crippen LogP contribution in [0, 0.1) is 12.8 Å². The molecule has 2 aliphatic rings. The highest BCUT2D eigenvalue weighted by molar-refractivity contribution is 5.79. The van der Waals surface area contributed by atoms with Gasteiger partial charge < -0.3 is 19.7 Å². The average Bonchev–Trinajstić information content (AvgIpc) is 3.12. The van der Waals surface area contributed by atoms with Crippen LogP contribution in [-0.4, -0.2) is 55.3 Å². The second-order valence-corrected chi connectivity index (χ2v) is 6.52. The third kappa shape index (κ3) is 4.14. The van der Waals surface area contributed by atoms with Crippen molar-refractivity contribution in [3.8, 4) is 5.88 Å². The Hall–Kier alpha value is -1.89. The first-order valence-corrected chi connectivity index (χ1v) is 8.69. The van der Waals surface area contributed by atoms with Gasteiger partial charge in [-0.25, -0.2) is 4.98 Å². The van der Waals surface area contributed by atoms with E-state index in [1.165, 1.54) is 0 Å². The first-order chi connectivity index (χ1) is 11.7. The zero-order valence-electron chi connectivity index (χ0n) is 14.5. The molecule has 1 amide bonds. The predicted octanol–water partition coefficient (Wildman–Crippen LogP) is 1.31. The van der Waals surface area contributed by atoms with Crippen LogP contribution in [0.1, 0.15) is 31.4 Å². The molecule has 0 aromatic carbocycles. The first-order valence-electron chi connectivity index (χ1n) is 8.69. The van der Waals surface area contributed by atoms with Crippen LogP contribution in [0.5, 0.6) is 5.88 Å². The van der Waals surface area contributed by atoms with Crippen LogP contribution in [0.4, 0.5) is 5.95 Å². The second-order valence-electron chi connectivity index (χ2n) is 6.52. The Balaban J connectivity index is 1.59. The van der Waals surface area contributed by atoms with Gasteiger partial charge in [-0.1, -0.05) is 0 Å². The molecule has 0 aliphatic carbocycles. The number of methoxy groups -OCH3 is 1. The lowest BCUT2D eigenvalue weighted by Crippen LogP contribution is -2.45. The van der Waals surface area contributed by atoms with Crippen molar-refractivity contribution in [2.24, 2.45) is 5.92 Å². The van der Waals surface area contributed by atoms with Crippen LogP contribution < -0.4 is 15.0 Å². The molecule has 0 unspecified atom stereocenters. The van der Waals surface area contributed by atoms with Crippen molar-refractivity contribution >= 4 is 11.9 Å². The van der Waals surface area contributed by atoms with Crippen molar-refractivity contribution in [2.75, 3.05) is 38.3 Å². The van der Waals surface area contributed by atoms with Crippen molar-refractivity contribution in [3.63, 3.8) is 0 Å². The maximum Gasteiger partial charge on any atom is 0.228 e. The Morgan fingerprint density at radius 1 is 1.42 bits per heavy atom. The summed E-state index contributed by atoms with van der Waals surface area (Å²) in [6, 6.07) is 1.80. The minimum Gasteiger partial charge on any atom is -0.481 e. The number of ether oxygens (including phenoxy) is 2. The molecule has 2 atom stereocenters. The molecule has 0 spiro atoms. The van der Waals surface area contributed by atoms with E-state index in [-0.39, 0.29) is 17.9 Å². The fraction of sp³-hybridized carbons (Fsp3) is 0.706. The normalized spacial score (nSPS) is 24.0. The number of carbonyl (C=O) groups is 1. The van der Waals surface area contributed by atoms with Crippen LogP contribution in [0.3, 0.4) is 0 Å². The fourth-order valence-electron chi connectivity index (χ4n) is 3.31. The Morgan fingerprint density at radius 3 is 3.04 bits per heavy atom. The molecule has 0 bridgehead atoms. The average molecular weight is 334 g/mol. The summed E-state index contributed by atoms with van der Waals surface area (Å²) in [5.74, 6) is 1.27. The molecular weight excluding hydrogens is 308 g/mol. The van der Waals surface area contributed by atoms with E-state index in [4.69, 9.17) is 9.47 Å². The van der Waals surface area contributed by atoms with Gasteiger partial charge in [0.05, 0.1) is 19.1 Å². The van der Waals surface area contributed by atoms with Crippen LogP contribution in [0.15, 0.2) is 6.07 Å². The number of nitrogens with one attached hydrogen (secondary N) is 1. The number of amides is 1. The Morgan fingerprint density at radius 2 is 2.29 bits per heavy atom. The van der Waals surface area contributed by atoms with Gasteiger partial charge >= 0.3 is 0 Å². The summed E-state index contributed by atoms with van der Waals surface area (Å²) in [6.07, 6.45) is 4.16. The van der Waals surface area contributed by atoms with E-state index >= 15 is 0 Å². The quantitative estimate of drug-likeness (QED) is 0.875. The summed E-state index contributed by atoms with van der Waals surface area (Å²) in [4.78, 5) is 23.5. The number of hydrogen-bond acceptors (Lipinski definition) is 6. The van der Waals surface area contributed by atoms with Crippen molar-refractivity contribution in [2.45, 2.75) is 38.7 Å².